The van der Waals surface area contributed by atoms with Crippen LogP contribution in [0.4, 0.5) is 0 Å². The Morgan fingerprint density at radius 1 is 0.393 bits per heavy atom. The molecule has 2 fully saturated rings. The van der Waals surface area contributed by atoms with Crippen LogP contribution in [0.15, 0.2) is 36.5 Å². The van der Waals surface area contributed by atoms with Gasteiger partial charge in [0.2, 0.25) is 5.91 Å². The molecule has 2 saturated heterocycles. The van der Waals surface area contributed by atoms with Crippen molar-refractivity contribution in [1.29, 1.82) is 0 Å². The van der Waals surface area contributed by atoms with Crippen molar-refractivity contribution in [2.45, 2.75) is 415 Å². The number of ether oxygens (including phenoxy) is 4. The predicted octanol–water partition coefficient (Wildman–Crippen LogP) is 16.1. The van der Waals surface area contributed by atoms with Gasteiger partial charge in [0.15, 0.2) is 12.6 Å². The molecule has 2 rings (SSSR count). The summed E-state index contributed by atoms with van der Waals surface area (Å²) in [6.07, 6.45) is 61.0. The highest BCUT2D eigenvalue weighted by molar-refractivity contribution is 5.76. The topological polar surface area (TPSA) is 228 Å². The van der Waals surface area contributed by atoms with E-state index in [0.717, 1.165) is 44.9 Å². The average Bonchev–Trinajstić information content (AvgIpc) is 1.44. The van der Waals surface area contributed by atoms with Gasteiger partial charge in [-0.15, -0.1) is 0 Å². The van der Waals surface area contributed by atoms with E-state index in [1.807, 2.05) is 6.08 Å². The number of hydrogen-bond acceptors (Lipinski definition) is 13. The normalized spacial score (nSPS) is 23.2. The first kappa shape index (κ1) is 83.3. The van der Waals surface area contributed by atoms with Gasteiger partial charge in [0.1, 0.15) is 48.8 Å². The Bertz CT molecular complexity index is 1630. The molecular formula is C75H141NO13. The molecule has 524 valence electrons. The van der Waals surface area contributed by atoms with Crippen LogP contribution in [0.1, 0.15) is 341 Å². The summed E-state index contributed by atoms with van der Waals surface area (Å²) in [7, 11) is 0. The molecule has 2 aliphatic rings. The Kier molecular flexibility index (Phi) is 56.1. The van der Waals surface area contributed by atoms with E-state index in [1.165, 1.54) is 263 Å². The van der Waals surface area contributed by atoms with Gasteiger partial charge in [-0.05, 0) is 44.9 Å². The zero-order valence-electron chi connectivity index (χ0n) is 57.2. The third-order valence-electron chi connectivity index (χ3n) is 18.6. The number of unbranched alkanes of at least 4 members (excludes halogenated alkanes) is 46. The van der Waals surface area contributed by atoms with Crippen LogP contribution < -0.4 is 5.32 Å². The van der Waals surface area contributed by atoms with Crippen molar-refractivity contribution in [3.63, 3.8) is 0 Å². The molecule has 89 heavy (non-hydrogen) atoms. The SMILES string of the molecule is CCCCCCCCCC/C=C/CC/C=C/CC/C=C/C(O)C(COC1OC(CO)C(OC2OC(CO)C(O)C(O)C2O)C(O)C1O)NC(=O)CCCCCCCCCCCCCCCCCCCCCCCCCCCCCCCCCCCCCCC. The summed E-state index contributed by atoms with van der Waals surface area (Å²) in [5.74, 6) is -0.247. The number of amides is 1. The van der Waals surface area contributed by atoms with Crippen LogP contribution in [0.5, 0.6) is 0 Å². The Morgan fingerprint density at radius 2 is 0.719 bits per heavy atom. The minimum absolute atomic E-state index is 0.247. The number of carbonyl (C=O) groups is 1. The standard InChI is InChI=1S/C75H141NO13/c1-3-5-7-9-11-13-15-17-19-21-23-24-25-26-27-28-29-30-31-32-33-34-35-36-37-38-39-40-41-43-45-47-49-51-53-55-57-59-67(80)76-63(64(79)58-56-54-52-50-48-46-44-42-22-20-18-16-14-12-10-8-6-4-2)62-86-74-72(85)70(83)73(66(61-78)88-74)89-75-71(84)69(82)68(81)65(60-77)87-75/h22,42,48,50,56,58,63-66,68-75,77-79,81-85H,3-21,23-41,43-47,49,51-55,57,59-62H2,1-2H3,(H,76,80)/b42-22+,50-48+,58-56+. The van der Waals surface area contributed by atoms with Gasteiger partial charge in [0.25, 0.3) is 0 Å². The first-order chi connectivity index (χ1) is 43.6. The van der Waals surface area contributed by atoms with Gasteiger partial charge in [-0.25, -0.2) is 0 Å². The second-order valence-corrected chi connectivity index (χ2v) is 26.8. The molecule has 0 radical (unpaired) electrons. The molecule has 0 aromatic carbocycles. The van der Waals surface area contributed by atoms with Crippen LogP contribution in [0, 0.1) is 0 Å². The second-order valence-electron chi connectivity index (χ2n) is 26.8. The van der Waals surface area contributed by atoms with Crippen molar-refractivity contribution < 1.29 is 64.6 Å². The number of hydrogen-bond donors (Lipinski definition) is 9. The number of aliphatic hydroxyl groups excluding tert-OH is 8. The maximum Gasteiger partial charge on any atom is 0.220 e. The Balaban J connectivity index is 1.59. The minimum Gasteiger partial charge on any atom is -0.394 e. The quantitative estimate of drug-likeness (QED) is 0.0204. The third kappa shape index (κ3) is 43.7. The zero-order valence-corrected chi connectivity index (χ0v) is 57.2. The third-order valence-corrected chi connectivity index (χ3v) is 18.6. The maximum atomic E-state index is 13.3. The van der Waals surface area contributed by atoms with Crippen molar-refractivity contribution in [3.05, 3.63) is 36.5 Å². The summed E-state index contributed by atoms with van der Waals surface area (Å²) in [5, 5.41) is 87.4. The van der Waals surface area contributed by atoms with E-state index in [4.69, 9.17) is 18.9 Å². The largest absolute Gasteiger partial charge is 0.394 e. The van der Waals surface area contributed by atoms with Crippen LogP contribution in [0.2, 0.25) is 0 Å². The van der Waals surface area contributed by atoms with E-state index in [9.17, 15) is 45.6 Å². The van der Waals surface area contributed by atoms with Crippen LogP contribution >= 0.6 is 0 Å². The number of rotatable bonds is 63. The molecular weight excluding hydrogens is 1120 g/mol. The van der Waals surface area contributed by atoms with Gasteiger partial charge in [-0.1, -0.05) is 326 Å². The molecule has 0 spiro atoms. The molecule has 0 saturated carbocycles. The van der Waals surface area contributed by atoms with Crippen LogP contribution in [0.25, 0.3) is 0 Å². The number of nitrogens with one attached hydrogen (secondary N) is 1. The Hall–Kier alpha value is -1.79. The average molecular weight is 1260 g/mol. The van der Waals surface area contributed by atoms with Gasteiger partial charge >= 0.3 is 0 Å². The van der Waals surface area contributed by atoms with Gasteiger partial charge in [0.05, 0.1) is 32.0 Å². The highest BCUT2D eigenvalue weighted by Gasteiger charge is 2.51. The summed E-state index contributed by atoms with van der Waals surface area (Å²) in [6.45, 7) is 2.82. The minimum atomic E-state index is -1.79. The molecule has 0 aromatic rings. The van der Waals surface area contributed by atoms with E-state index in [0.29, 0.717) is 12.8 Å². The highest BCUT2D eigenvalue weighted by Crippen LogP contribution is 2.30. The number of carbonyl (C=O) groups excluding carboxylic acids is 1. The van der Waals surface area contributed by atoms with Crippen LogP contribution in [-0.4, -0.2) is 140 Å². The lowest BCUT2D eigenvalue weighted by molar-refractivity contribution is -0.359. The van der Waals surface area contributed by atoms with Crippen molar-refractivity contribution in [1.82, 2.24) is 5.32 Å². The molecule has 14 heteroatoms. The molecule has 0 aromatic heterocycles. The van der Waals surface area contributed by atoms with Crippen LogP contribution in [-0.2, 0) is 23.7 Å². The predicted molar refractivity (Wildman–Crippen MR) is 365 cm³/mol. The molecule has 2 heterocycles. The fourth-order valence-electron chi connectivity index (χ4n) is 12.6. The maximum absolute atomic E-state index is 13.3. The Labute approximate surface area is 544 Å². The lowest BCUT2D eigenvalue weighted by Crippen LogP contribution is -2.65. The smallest absolute Gasteiger partial charge is 0.220 e. The van der Waals surface area contributed by atoms with E-state index in [1.54, 1.807) is 6.08 Å². The highest BCUT2D eigenvalue weighted by atomic mass is 16.7. The fourth-order valence-corrected chi connectivity index (χ4v) is 12.6. The zero-order chi connectivity index (χ0) is 64.5. The first-order valence-electron chi connectivity index (χ1n) is 37.7. The van der Waals surface area contributed by atoms with Gasteiger partial charge in [-0.3, -0.25) is 4.79 Å². The van der Waals surface area contributed by atoms with Crippen LogP contribution in [0.3, 0.4) is 0 Å². The second kappa shape index (κ2) is 59.9. The van der Waals surface area contributed by atoms with Crippen molar-refractivity contribution in [2.24, 2.45) is 0 Å². The lowest BCUT2D eigenvalue weighted by atomic mass is 9.97. The van der Waals surface area contributed by atoms with E-state index < -0.39 is 86.8 Å². The van der Waals surface area contributed by atoms with E-state index >= 15 is 0 Å². The fraction of sp³-hybridized carbons (Fsp3) is 0.907. The lowest BCUT2D eigenvalue weighted by Gasteiger charge is -2.46. The van der Waals surface area contributed by atoms with Crippen molar-refractivity contribution in [3.8, 4) is 0 Å². The molecule has 1 amide bonds. The summed E-state index contributed by atoms with van der Waals surface area (Å²) in [6, 6.07) is -0.937. The summed E-state index contributed by atoms with van der Waals surface area (Å²) in [5.41, 5.74) is 0. The molecule has 2 aliphatic heterocycles. The van der Waals surface area contributed by atoms with E-state index in [2.05, 4.69) is 43.5 Å². The summed E-state index contributed by atoms with van der Waals surface area (Å²) >= 11 is 0. The number of aliphatic hydroxyl groups is 8. The molecule has 12 atom stereocenters. The molecule has 0 aliphatic carbocycles. The summed E-state index contributed by atoms with van der Waals surface area (Å²) in [4.78, 5) is 13.3. The first-order valence-corrected chi connectivity index (χ1v) is 37.7. The summed E-state index contributed by atoms with van der Waals surface area (Å²) < 4.78 is 22.8. The molecule has 0 bridgehead atoms. The van der Waals surface area contributed by atoms with Gasteiger partial charge < -0.3 is 65.1 Å². The molecule has 12 unspecified atom stereocenters. The molecule has 9 N–H and O–H groups in total. The van der Waals surface area contributed by atoms with Crippen molar-refractivity contribution >= 4 is 5.91 Å². The van der Waals surface area contributed by atoms with E-state index in [-0.39, 0.29) is 18.9 Å². The van der Waals surface area contributed by atoms with Crippen molar-refractivity contribution in [2.75, 3.05) is 19.8 Å². The Morgan fingerprint density at radius 3 is 1.10 bits per heavy atom. The molecule has 14 nitrogen and oxygen atoms in total. The monoisotopic (exact) mass is 1260 g/mol. The van der Waals surface area contributed by atoms with Gasteiger partial charge in [-0.2, -0.15) is 0 Å². The number of allylic oxidation sites excluding steroid dienone is 5. The van der Waals surface area contributed by atoms with Gasteiger partial charge in [0, 0.05) is 6.42 Å².